The van der Waals surface area contributed by atoms with Crippen LogP contribution in [-0.2, 0) is 9.53 Å². The molecule has 0 bridgehead atoms. The molecular formula is C25H28N6O2S. The maximum absolute atomic E-state index is 12.9. The molecule has 2 aromatic rings. The molecule has 1 fully saturated rings. The summed E-state index contributed by atoms with van der Waals surface area (Å²) in [7, 11) is 0. The Bertz CT molecular complexity index is 1250. The molecule has 4 heterocycles. The fraction of sp³-hybridized carbons (Fsp3) is 0.360. The Morgan fingerprint density at radius 1 is 1.12 bits per heavy atom. The van der Waals surface area contributed by atoms with Crippen molar-refractivity contribution in [1.29, 1.82) is 5.41 Å². The highest BCUT2D eigenvalue weighted by Gasteiger charge is 2.37. The third-order valence-electron chi connectivity index (χ3n) is 6.31. The van der Waals surface area contributed by atoms with Crippen LogP contribution in [0.25, 0.3) is 11.8 Å². The maximum Gasteiger partial charge on any atom is 0.283 e. The minimum Gasteiger partial charge on any atom is -0.378 e. The number of nitrogens with zero attached hydrogens (tertiary/aromatic N) is 5. The number of nitrogens with one attached hydrogen (secondary N) is 1. The van der Waals surface area contributed by atoms with E-state index >= 15 is 0 Å². The van der Waals surface area contributed by atoms with Crippen molar-refractivity contribution in [2.45, 2.75) is 33.6 Å². The molecule has 1 N–H and O–H groups in total. The van der Waals surface area contributed by atoms with Gasteiger partial charge >= 0.3 is 0 Å². The van der Waals surface area contributed by atoms with Gasteiger partial charge in [-0.15, -0.1) is 5.10 Å². The van der Waals surface area contributed by atoms with E-state index in [4.69, 9.17) is 10.1 Å². The van der Waals surface area contributed by atoms with Gasteiger partial charge in [-0.1, -0.05) is 26.0 Å². The van der Waals surface area contributed by atoms with E-state index in [0.717, 1.165) is 40.9 Å². The molecular weight excluding hydrogens is 448 g/mol. The predicted octanol–water partition coefficient (Wildman–Crippen LogP) is 4.13. The highest BCUT2D eigenvalue weighted by Crippen LogP contribution is 2.31. The molecule has 1 aromatic carbocycles. The van der Waals surface area contributed by atoms with Gasteiger partial charge in [0, 0.05) is 30.2 Å². The summed E-state index contributed by atoms with van der Waals surface area (Å²) in [5, 5.41) is 15.9. The summed E-state index contributed by atoms with van der Waals surface area (Å²) in [6, 6.07) is 10.6. The highest BCUT2D eigenvalue weighted by atomic mass is 32.2. The molecule has 34 heavy (non-hydrogen) atoms. The van der Waals surface area contributed by atoms with Crippen LogP contribution < -0.4 is 0 Å². The molecule has 0 atom stereocenters. The number of benzene rings is 1. The summed E-state index contributed by atoms with van der Waals surface area (Å²) < 4.78 is 7.58. The van der Waals surface area contributed by atoms with Crippen LogP contribution in [0, 0.1) is 19.3 Å². The summed E-state index contributed by atoms with van der Waals surface area (Å²) >= 11 is 1.33. The third kappa shape index (κ3) is 3.99. The van der Waals surface area contributed by atoms with E-state index in [-0.39, 0.29) is 11.4 Å². The predicted molar refractivity (Wildman–Crippen MR) is 137 cm³/mol. The van der Waals surface area contributed by atoms with Crippen molar-refractivity contribution < 1.29 is 9.53 Å². The fourth-order valence-corrected chi connectivity index (χ4v) is 5.30. The van der Waals surface area contributed by atoms with Gasteiger partial charge in [0.1, 0.15) is 0 Å². The van der Waals surface area contributed by atoms with Crippen molar-refractivity contribution >= 4 is 39.9 Å². The van der Waals surface area contributed by atoms with Gasteiger partial charge in [0.05, 0.1) is 18.8 Å². The first-order chi connectivity index (χ1) is 16.3. The van der Waals surface area contributed by atoms with Crippen LogP contribution in [0.4, 0.5) is 0 Å². The maximum atomic E-state index is 12.9. The number of hydrazone groups is 1. The minimum absolute atomic E-state index is 0.0526. The van der Waals surface area contributed by atoms with Crippen LogP contribution in [0.1, 0.15) is 42.3 Å². The van der Waals surface area contributed by atoms with Crippen LogP contribution in [0.3, 0.4) is 0 Å². The van der Waals surface area contributed by atoms with E-state index < -0.39 is 5.91 Å². The Hall–Kier alpha value is -3.17. The Labute approximate surface area is 203 Å². The van der Waals surface area contributed by atoms with Gasteiger partial charge in [-0.25, -0.2) is 0 Å². The number of aromatic nitrogens is 1. The van der Waals surface area contributed by atoms with E-state index in [1.807, 2.05) is 19.9 Å². The van der Waals surface area contributed by atoms with Crippen LogP contribution >= 0.6 is 11.8 Å². The molecule has 0 spiro atoms. The van der Waals surface area contributed by atoms with Crippen molar-refractivity contribution in [3.05, 3.63) is 58.4 Å². The summed E-state index contributed by atoms with van der Waals surface area (Å²) in [4.78, 5) is 19.2. The zero-order valence-corrected chi connectivity index (χ0v) is 20.6. The van der Waals surface area contributed by atoms with Crippen molar-refractivity contribution in [2.24, 2.45) is 10.1 Å². The first kappa shape index (κ1) is 22.6. The van der Waals surface area contributed by atoms with Crippen molar-refractivity contribution in [1.82, 2.24) is 14.5 Å². The molecule has 3 aliphatic heterocycles. The second-order valence-electron chi connectivity index (χ2n) is 8.91. The summed E-state index contributed by atoms with van der Waals surface area (Å²) in [5.74, 6) is 0.121. The number of aliphatic imine (C=N–C) groups is 1. The molecule has 1 amide bonds. The van der Waals surface area contributed by atoms with Crippen LogP contribution in [0.15, 0.2) is 46.0 Å². The number of hydrogen-bond acceptors (Lipinski definition) is 6. The van der Waals surface area contributed by atoms with E-state index in [9.17, 15) is 4.79 Å². The monoisotopic (exact) mass is 476 g/mol. The van der Waals surface area contributed by atoms with E-state index in [2.05, 4.69) is 57.7 Å². The lowest BCUT2D eigenvalue weighted by Gasteiger charge is -2.26. The van der Waals surface area contributed by atoms with Gasteiger partial charge in [-0.3, -0.25) is 10.2 Å². The van der Waals surface area contributed by atoms with Gasteiger partial charge < -0.3 is 14.2 Å². The summed E-state index contributed by atoms with van der Waals surface area (Å²) in [5.41, 5.74) is 5.57. The number of carbonyl (C=O) groups is 1. The smallest absolute Gasteiger partial charge is 0.283 e. The lowest BCUT2D eigenvalue weighted by molar-refractivity contribution is -0.114. The SMILES string of the molecule is Cc1cc(/C=C2/C(=N)N3N=C(N4CCOCC4)SC3=NC2=O)c(C)n1-c1ccc(C(C)C)cc1. The lowest BCUT2D eigenvalue weighted by atomic mass is 10.0. The minimum atomic E-state index is -0.409. The number of amides is 1. The van der Waals surface area contributed by atoms with Crippen LogP contribution in [0.2, 0.25) is 0 Å². The fourth-order valence-electron chi connectivity index (χ4n) is 4.36. The number of fused-ring (bicyclic) bond motifs is 1. The average molecular weight is 477 g/mol. The Morgan fingerprint density at radius 2 is 1.82 bits per heavy atom. The number of hydrogen-bond donors (Lipinski definition) is 1. The second-order valence-corrected chi connectivity index (χ2v) is 9.84. The van der Waals surface area contributed by atoms with Crippen LogP contribution in [0.5, 0.6) is 0 Å². The normalized spacial score (nSPS) is 19.7. The highest BCUT2D eigenvalue weighted by molar-refractivity contribution is 8.26. The molecule has 8 nitrogen and oxygen atoms in total. The molecule has 3 aliphatic rings. The zero-order valence-electron chi connectivity index (χ0n) is 19.8. The molecule has 0 radical (unpaired) electrons. The number of morpholine rings is 1. The number of aryl methyl sites for hydroxylation is 1. The third-order valence-corrected chi connectivity index (χ3v) is 7.28. The lowest BCUT2D eigenvalue weighted by Crippen LogP contribution is -2.39. The number of ether oxygens (including phenoxy) is 1. The Balaban J connectivity index is 1.45. The van der Waals surface area contributed by atoms with E-state index in [0.29, 0.717) is 24.3 Å². The van der Waals surface area contributed by atoms with Crippen molar-refractivity contribution in [3.63, 3.8) is 0 Å². The molecule has 0 saturated carbocycles. The quantitative estimate of drug-likeness (QED) is 0.674. The van der Waals surface area contributed by atoms with Gasteiger partial charge in [0.15, 0.2) is 11.0 Å². The standard InChI is InChI=1S/C25H28N6O2S/c1-15(2)18-5-7-20(8-6-18)30-16(3)13-19(17(30)4)14-21-22(26)31-24(27-23(21)32)34-25(28-31)29-9-11-33-12-10-29/h5-8,13-15,26H,9-12H2,1-4H3/b21-14-,26-22?. The number of carbonyl (C=O) groups excluding carboxylic acids is 1. The van der Waals surface area contributed by atoms with Gasteiger partial charge in [0.2, 0.25) is 5.17 Å². The summed E-state index contributed by atoms with van der Waals surface area (Å²) in [6.07, 6.45) is 1.76. The second kappa shape index (κ2) is 8.88. The summed E-state index contributed by atoms with van der Waals surface area (Å²) in [6.45, 7) is 11.2. The van der Waals surface area contributed by atoms with Crippen LogP contribution in [-0.4, -0.2) is 62.9 Å². The molecule has 176 valence electrons. The van der Waals surface area contributed by atoms with Crippen molar-refractivity contribution in [3.8, 4) is 5.69 Å². The van der Waals surface area contributed by atoms with Crippen molar-refractivity contribution in [2.75, 3.05) is 26.3 Å². The number of thioether (sulfide) groups is 1. The zero-order chi connectivity index (χ0) is 24.0. The topological polar surface area (TPSA) is 86.3 Å². The van der Waals surface area contributed by atoms with Gasteiger partial charge in [0.25, 0.3) is 5.91 Å². The first-order valence-corrected chi connectivity index (χ1v) is 12.3. The van der Waals surface area contributed by atoms with Gasteiger partial charge in [-0.2, -0.15) is 10.0 Å². The molecule has 1 saturated heterocycles. The Kier molecular flexibility index (Phi) is 5.91. The molecule has 9 heteroatoms. The molecule has 5 rings (SSSR count). The molecule has 0 unspecified atom stereocenters. The van der Waals surface area contributed by atoms with E-state index in [1.165, 1.54) is 22.3 Å². The Morgan fingerprint density at radius 3 is 2.50 bits per heavy atom. The first-order valence-electron chi connectivity index (χ1n) is 11.5. The molecule has 1 aromatic heterocycles. The van der Waals surface area contributed by atoms with Gasteiger partial charge in [-0.05, 0) is 66.9 Å². The van der Waals surface area contributed by atoms with E-state index in [1.54, 1.807) is 6.08 Å². The molecule has 0 aliphatic carbocycles. The number of amidine groups is 3. The number of rotatable bonds is 3. The largest absolute Gasteiger partial charge is 0.378 e. The average Bonchev–Trinajstić information content (AvgIpc) is 3.37.